The van der Waals surface area contributed by atoms with Crippen molar-refractivity contribution >= 4 is 52.7 Å². The SMILES string of the molecule is Nc1nc2c(nc(C=Cc3ccccc3)n2[C@@H]2O[C@H](COP(=O)(O)OP(=O)(O)OP(=O)(O)O)C(O)[C@@H]2O)c(=O)[nH]1. The lowest BCUT2D eigenvalue weighted by atomic mass is 10.1. The Morgan fingerprint density at radius 1 is 1.00 bits per heavy atom. The minimum Gasteiger partial charge on any atom is -0.387 e. The van der Waals surface area contributed by atoms with Gasteiger partial charge in [0.1, 0.15) is 24.1 Å². The molecule has 1 aliphatic heterocycles. The maximum Gasteiger partial charge on any atom is 0.490 e. The molecule has 3 unspecified atom stereocenters. The highest BCUT2D eigenvalue weighted by Gasteiger charge is 2.47. The highest BCUT2D eigenvalue weighted by Crippen LogP contribution is 2.66. The molecule has 6 atom stereocenters. The van der Waals surface area contributed by atoms with E-state index in [-0.39, 0.29) is 22.9 Å². The van der Waals surface area contributed by atoms with Crippen molar-refractivity contribution in [2.75, 3.05) is 12.3 Å². The number of phosphoric ester groups is 1. The number of hydrogen-bond donors (Lipinski definition) is 8. The summed E-state index contributed by atoms with van der Waals surface area (Å²) in [7, 11) is -16.9. The molecule has 0 radical (unpaired) electrons. The molecule has 3 aromatic rings. The standard InChI is InChI=1S/C18H22N5O14P3/c19-18-21-15-12(16(26)22-18)20-11(7-6-9-4-2-1-3-5-9)23(15)17-14(25)13(24)10(35-17)8-34-39(30,31)37-40(32,33)36-38(27,28)29/h1-7,10,13-14,17,24-25H,8H2,(H,30,31)(H,32,33)(H2,27,28,29)(H3,19,21,22,26)/t10-,13?,14+,17-/m1/s1. The maximum absolute atomic E-state index is 12.5. The Morgan fingerprint density at radius 2 is 1.68 bits per heavy atom. The largest absolute Gasteiger partial charge is 0.490 e. The minimum absolute atomic E-state index is 0.0345. The summed E-state index contributed by atoms with van der Waals surface area (Å²) < 4.78 is 52.9. The van der Waals surface area contributed by atoms with Gasteiger partial charge in [-0.25, -0.2) is 18.7 Å². The molecule has 4 rings (SSSR count). The fraction of sp³-hybridized carbons (Fsp3) is 0.278. The van der Waals surface area contributed by atoms with E-state index in [0.717, 1.165) is 10.1 Å². The van der Waals surface area contributed by atoms with E-state index in [1.165, 1.54) is 6.08 Å². The van der Waals surface area contributed by atoms with Crippen LogP contribution in [0.15, 0.2) is 35.1 Å². The Morgan fingerprint density at radius 3 is 2.33 bits per heavy atom. The van der Waals surface area contributed by atoms with E-state index in [9.17, 15) is 38.5 Å². The molecule has 1 saturated heterocycles. The van der Waals surface area contributed by atoms with Gasteiger partial charge in [0.25, 0.3) is 5.56 Å². The van der Waals surface area contributed by atoms with Crippen LogP contribution in [0.3, 0.4) is 0 Å². The van der Waals surface area contributed by atoms with Gasteiger partial charge in [0.2, 0.25) is 5.95 Å². The summed E-state index contributed by atoms with van der Waals surface area (Å²) in [6.07, 6.45) is -3.58. The quantitative estimate of drug-likeness (QED) is 0.136. The molecule has 19 nitrogen and oxygen atoms in total. The molecular weight excluding hydrogens is 603 g/mol. The van der Waals surface area contributed by atoms with Gasteiger partial charge in [-0.2, -0.15) is 13.6 Å². The molecule has 0 aliphatic carbocycles. The van der Waals surface area contributed by atoms with Crippen molar-refractivity contribution in [1.82, 2.24) is 19.5 Å². The number of aromatic amines is 1. The third-order valence-electron chi connectivity index (χ3n) is 5.23. The number of benzene rings is 1. The van der Waals surface area contributed by atoms with E-state index < -0.39 is 60.2 Å². The maximum atomic E-state index is 12.5. The highest BCUT2D eigenvalue weighted by molar-refractivity contribution is 7.66. The van der Waals surface area contributed by atoms with Crippen LogP contribution < -0.4 is 11.3 Å². The second-order valence-corrected chi connectivity index (χ2v) is 12.6. The van der Waals surface area contributed by atoms with Gasteiger partial charge in [-0.3, -0.25) is 18.9 Å². The monoisotopic (exact) mass is 625 g/mol. The number of nitrogen functional groups attached to an aromatic ring is 1. The number of imidazole rings is 1. The van der Waals surface area contributed by atoms with E-state index >= 15 is 0 Å². The van der Waals surface area contributed by atoms with Crippen molar-refractivity contribution in [3.05, 3.63) is 52.1 Å². The zero-order chi connectivity index (χ0) is 29.5. The lowest BCUT2D eigenvalue weighted by Crippen LogP contribution is -2.33. The molecule has 0 saturated carbocycles. The first-order valence-corrected chi connectivity index (χ1v) is 15.4. The number of nitrogens with zero attached hydrogens (tertiary/aromatic N) is 3. The van der Waals surface area contributed by atoms with Gasteiger partial charge < -0.3 is 40.3 Å². The smallest absolute Gasteiger partial charge is 0.387 e. The Labute approximate surface area is 222 Å². The number of fused-ring (bicyclic) bond motifs is 1. The lowest BCUT2D eigenvalue weighted by molar-refractivity contribution is -0.0505. The average Bonchev–Trinajstić information content (AvgIpc) is 3.31. The van der Waals surface area contributed by atoms with E-state index in [2.05, 4.69) is 28.1 Å². The van der Waals surface area contributed by atoms with Gasteiger partial charge in [-0.1, -0.05) is 36.4 Å². The normalized spacial score (nSPS) is 24.9. The predicted octanol–water partition coefficient (Wildman–Crippen LogP) is -0.165. The molecule has 2 aromatic heterocycles. The molecule has 0 spiro atoms. The van der Waals surface area contributed by atoms with E-state index in [1.54, 1.807) is 36.4 Å². The van der Waals surface area contributed by atoms with Gasteiger partial charge in [-0.05, 0) is 11.6 Å². The van der Waals surface area contributed by atoms with Crippen molar-refractivity contribution < 1.29 is 61.4 Å². The first-order chi connectivity index (χ1) is 18.6. The average molecular weight is 625 g/mol. The number of anilines is 1. The van der Waals surface area contributed by atoms with Crippen LogP contribution in [-0.4, -0.2) is 74.2 Å². The van der Waals surface area contributed by atoms with Crippen LogP contribution in [0.25, 0.3) is 23.3 Å². The van der Waals surface area contributed by atoms with Gasteiger partial charge in [0.15, 0.2) is 17.4 Å². The summed E-state index contributed by atoms with van der Waals surface area (Å²) in [5, 5.41) is 21.3. The van der Waals surface area contributed by atoms with Crippen molar-refractivity contribution in [3.63, 3.8) is 0 Å². The van der Waals surface area contributed by atoms with Crippen LogP contribution in [0.4, 0.5) is 5.95 Å². The number of phosphoric acid groups is 3. The number of H-pyrrole nitrogens is 1. The van der Waals surface area contributed by atoms with Crippen molar-refractivity contribution in [2.24, 2.45) is 0 Å². The molecule has 218 valence electrons. The number of aliphatic hydroxyl groups excluding tert-OH is 2. The molecule has 1 fully saturated rings. The molecule has 0 bridgehead atoms. The molecule has 9 N–H and O–H groups in total. The van der Waals surface area contributed by atoms with Gasteiger partial charge in [0.05, 0.1) is 6.61 Å². The summed E-state index contributed by atoms with van der Waals surface area (Å²) in [5.41, 5.74) is 5.36. The third-order valence-corrected chi connectivity index (χ3v) is 9.03. The zero-order valence-electron chi connectivity index (χ0n) is 19.8. The number of rotatable bonds is 10. The van der Waals surface area contributed by atoms with Crippen LogP contribution in [0.5, 0.6) is 0 Å². The number of aliphatic hydroxyl groups is 2. The van der Waals surface area contributed by atoms with E-state index in [0.29, 0.717) is 0 Å². The van der Waals surface area contributed by atoms with Crippen LogP contribution in [0.1, 0.15) is 17.6 Å². The summed E-state index contributed by atoms with van der Waals surface area (Å²) >= 11 is 0. The van der Waals surface area contributed by atoms with Crippen LogP contribution in [-0.2, 0) is 31.6 Å². The molecule has 3 heterocycles. The second-order valence-electron chi connectivity index (χ2n) is 8.14. The van der Waals surface area contributed by atoms with Gasteiger partial charge in [0, 0.05) is 0 Å². The zero-order valence-corrected chi connectivity index (χ0v) is 22.5. The van der Waals surface area contributed by atoms with Crippen LogP contribution >= 0.6 is 23.5 Å². The summed E-state index contributed by atoms with van der Waals surface area (Å²) in [4.78, 5) is 59.2. The molecule has 1 aromatic carbocycles. The first kappa shape index (κ1) is 30.4. The topological polar surface area (TPSA) is 299 Å². The predicted molar refractivity (Wildman–Crippen MR) is 134 cm³/mol. The number of nitrogens with two attached hydrogens (primary N) is 1. The Bertz CT molecular complexity index is 1620. The van der Waals surface area contributed by atoms with Crippen LogP contribution in [0, 0.1) is 0 Å². The molecule has 1 aliphatic rings. The summed E-state index contributed by atoms with van der Waals surface area (Å²) in [6.45, 7) is -1.05. The van der Waals surface area contributed by atoms with Gasteiger partial charge >= 0.3 is 23.5 Å². The fourth-order valence-electron chi connectivity index (χ4n) is 3.67. The lowest BCUT2D eigenvalue weighted by Gasteiger charge is -2.19. The number of nitrogens with one attached hydrogen (secondary N) is 1. The Kier molecular flexibility index (Phi) is 8.61. The number of hydrogen-bond acceptors (Lipinski definition) is 13. The highest BCUT2D eigenvalue weighted by atomic mass is 31.3. The van der Waals surface area contributed by atoms with Crippen molar-refractivity contribution in [3.8, 4) is 0 Å². The first-order valence-electron chi connectivity index (χ1n) is 10.9. The second kappa shape index (κ2) is 11.3. The van der Waals surface area contributed by atoms with Gasteiger partial charge in [-0.15, -0.1) is 0 Å². The minimum atomic E-state index is -5.78. The summed E-state index contributed by atoms with van der Waals surface area (Å²) in [6, 6.07) is 8.90. The summed E-state index contributed by atoms with van der Waals surface area (Å²) in [5.74, 6) is -0.262. The van der Waals surface area contributed by atoms with Crippen molar-refractivity contribution in [2.45, 2.75) is 24.5 Å². The Hall–Kier alpha value is -2.60. The van der Waals surface area contributed by atoms with E-state index in [1.807, 2.05) is 0 Å². The fourth-order valence-corrected chi connectivity index (χ4v) is 6.70. The van der Waals surface area contributed by atoms with E-state index in [4.69, 9.17) is 20.3 Å². The molecule has 22 heteroatoms. The molecular formula is C18H22N5O14P3. The Balaban J connectivity index is 1.61. The molecule has 0 amide bonds. The third kappa shape index (κ3) is 7.18. The molecule has 40 heavy (non-hydrogen) atoms. The number of ether oxygens (including phenoxy) is 1. The van der Waals surface area contributed by atoms with Crippen molar-refractivity contribution in [1.29, 1.82) is 0 Å². The van der Waals surface area contributed by atoms with Crippen LogP contribution in [0.2, 0.25) is 0 Å². The number of aromatic nitrogens is 4.